The molecule has 1 atom stereocenters. The number of pyridine rings is 1. The average Bonchev–Trinajstić information content (AvgIpc) is 2.17. The first-order chi connectivity index (χ1) is 7.30. The molecule has 1 rings (SSSR count). The van der Waals surface area contributed by atoms with Crippen molar-refractivity contribution in [1.82, 2.24) is 4.98 Å². The number of carbonyl (C=O) groups is 1. The highest BCUT2D eigenvalue weighted by atomic mass is 19.4. The number of carboxylic acids is 1. The molecule has 0 bridgehead atoms. The van der Waals surface area contributed by atoms with E-state index in [1.54, 1.807) is 0 Å². The quantitative estimate of drug-likeness (QED) is 0.871. The molecule has 1 aromatic rings. The summed E-state index contributed by atoms with van der Waals surface area (Å²) < 4.78 is 40.8. The molecule has 0 fully saturated rings. The van der Waals surface area contributed by atoms with Gasteiger partial charge in [-0.2, -0.15) is 13.2 Å². The summed E-state index contributed by atoms with van der Waals surface area (Å²) in [5.41, 5.74) is -0.119. The smallest absolute Gasteiger partial charge is 0.425 e. The molecule has 1 unspecified atom stereocenters. The monoisotopic (exact) mass is 235 g/mol. The third-order valence-electron chi connectivity index (χ3n) is 1.74. The van der Waals surface area contributed by atoms with Crippen LogP contribution in [-0.4, -0.2) is 28.3 Å². The van der Waals surface area contributed by atoms with Crippen LogP contribution in [0.1, 0.15) is 17.3 Å². The Morgan fingerprint density at radius 3 is 2.50 bits per heavy atom. The molecule has 1 N–H and O–H groups in total. The van der Waals surface area contributed by atoms with Gasteiger partial charge < -0.3 is 9.84 Å². The minimum atomic E-state index is -4.48. The van der Waals surface area contributed by atoms with Gasteiger partial charge in [0.15, 0.2) is 6.10 Å². The summed E-state index contributed by atoms with van der Waals surface area (Å²) in [6.07, 6.45) is -5.54. The van der Waals surface area contributed by atoms with E-state index >= 15 is 0 Å². The Hall–Kier alpha value is -1.79. The average molecular weight is 235 g/mol. The van der Waals surface area contributed by atoms with Crippen LogP contribution >= 0.6 is 0 Å². The minimum Gasteiger partial charge on any atom is -0.478 e. The normalized spacial score (nSPS) is 13.2. The van der Waals surface area contributed by atoms with Gasteiger partial charge in [0.1, 0.15) is 0 Å². The number of ether oxygens (including phenoxy) is 1. The molecule has 7 heteroatoms. The highest BCUT2D eigenvalue weighted by Gasteiger charge is 2.38. The van der Waals surface area contributed by atoms with Gasteiger partial charge in [0.2, 0.25) is 5.88 Å². The maximum absolute atomic E-state index is 12.1. The largest absolute Gasteiger partial charge is 0.478 e. The van der Waals surface area contributed by atoms with E-state index in [4.69, 9.17) is 5.11 Å². The second-order valence-corrected chi connectivity index (χ2v) is 2.99. The van der Waals surface area contributed by atoms with Crippen molar-refractivity contribution in [3.05, 3.63) is 23.9 Å². The van der Waals surface area contributed by atoms with E-state index in [1.165, 1.54) is 0 Å². The summed E-state index contributed by atoms with van der Waals surface area (Å²) in [5, 5.41) is 8.53. The highest BCUT2D eigenvalue weighted by Crippen LogP contribution is 2.23. The fourth-order valence-electron chi connectivity index (χ4n) is 0.824. The Morgan fingerprint density at radius 1 is 1.50 bits per heavy atom. The van der Waals surface area contributed by atoms with Crippen LogP contribution in [0.5, 0.6) is 5.88 Å². The maximum atomic E-state index is 12.1. The zero-order valence-electron chi connectivity index (χ0n) is 8.15. The van der Waals surface area contributed by atoms with E-state index < -0.39 is 18.2 Å². The van der Waals surface area contributed by atoms with Crippen LogP contribution in [0, 0.1) is 0 Å². The molecule has 0 saturated heterocycles. The van der Waals surface area contributed by atoms with Crippen LogP contribution in [-0.2, 0) is 0 Å². The summed E-state index contributed by atoms with van der Waals surface area (Å²) in [7, 11) is 0. The predicted molar refractivity (Wildman–Crippen MR) is 47.3 cm³/mol. The first-order valence-electron chi connectivity index (χ1n) is 4.23. The molecule has 1 aromatic heterocycles. The Labute approximate surface area is 88.7 Å². The van der Waals surface area contributed by atoms with Crippen molar-refractivity contribution < 1.29 is 27.8 Å². The Kier molecular flexibility index (Phi) is 3.36. The molecule has 0 aromatic carbocycles. The number of halogens is 3. The first-order valence-corrected chi connectivity index (χ1v) is 4.23. The van der Waals surface area contributed by atoms with Gasteiger partial charge in [0.05, 0.1) is 5.56 Å². The summed E-state index contributed by atoms with van der Waals surface area (Å²) in [6.45, 7) is 0.840. The molecule has 0 aliphatic heterocycles. The van der Waals surface area contributed by atoms with Crippen molar-refractivity contribution in [3.8, 4) is 5.88 Å². The second kappa shape index (κ2) is 4.38. The van der Waals surface area contributed by atoms with E-state index in [0.717, 1.165) is 25.3 Å². The van der Waals surface area contributed by atoms with E-state index in [2.05, 4.69) is 9.72 Å². The molecule has 16 heavy (non-hydrogen) atoms. The highest BCUT2D eigenvalue weighted by molar-refractivity contribution is 5.87. The van der Waals surface area contributed by atoms with E-state index in [1.807, 2.05) is 0 Å². The molecule has 1 heterocycles. The van der Waals surface area contributed by atoms with Gasteiger partial charge in [-0.25, -0.2) is 9.78 Å². The molecule has 0 aliphatic rings. The second-order valence-electron chi connectivity index (χ2n) is 2.99. The number of hydrogen-bond donors (Lipinski definition) is 1. The Bertz CT molecular complexity index is 375. The third-order valence-corrected chi connectivity index (χ3v) is 1.74. The van der Waals surface area contributed by atoms with Crippen LogP contribution < -0.4 is 4.74 Å². The van der Waals surface area contributed by atoms with Gasteiger partial charge in [-0.3, -0.25) is 0 Å². The zero-order chi connectivity index (χ0) is 12.3. The third kappa shape index (κ3) is 3.11. The predicted octanol–water partition coefficient (Wildman–Crippen LogP) is 2.11. The topological polar surface area (TPSA) is 59.4 Å². The van der Waals surface area contributed by atoms with Crippen LogP contribution in [0.25, 0.3) is 0 Å². The summed E-state index contributed by atoms with van der Waals surface area (Å²) in [4.78, 5) is 13.9. The van der Waals surface area contributed by atoms with Crippen molar-refractivity contribution in [2.45, 2.75) is 19.2 Å². The lowest BCUT2D eigenvalue weighted by atomic mass is 10.3. The number of aromatic nitrogens is 1. The molecule has 0 spiro atoms. The minimum absolute atomic E-state index is 0.119. The van der Waals surface area contributed by atoms with Gasteiger partial charge in [-0.15, -0.1) is 0 Å². The van der Waals surface area contributed by atoms with Gasteiger partial charge >= 0.3 is 12.1 Å². The number of nitrogens with zero attached hydrogens (tertiary/aromatic N) is 1. The maximum Gasteiger partial charge on any atom is 0.425 e. The number of carboxylic acid groups (broad SMARTS) is 1. The van der Waals surface area contributed by atoms with Crippen molar-refractivity contribution in [2.75, 3.05) is 0 Å². The fourth-order valence-corrected chi connectivity index (χ4v) is 0.824. The van der Waals surface area contributed by atoms with Crippen LogP contribution in [0.3, 0.4) is 0 Å². The van der Waals surface area contributed by atoms with Crippen LogP contribution in [0.2, 0.25) is 0 Å². The van der Waals surface area contributed by atoms with Crippen LogP contribution in [0.4, 0.5) is 13.2 Å². The zero-order valence-corrected chi connectivity index (χ0v) is 8.15. The van der Waals surface area contributed by atoms with Crippen molar-refractivity contribution >= 4 is 5.97 Å². The Morgan fingerprint density at radius 2 is 2.12 bits per heavy atom. The lowest BCUT2D eigenvalue weighted by molar-refractivity contribution is -0.189. The van der Waals surface area contributed by atoms with Crippen molar-refractivity contribution in [2.24, 2.45) is 0 Å². The van der Waals surface area contributed by atoms with Crippen LogP contribution in [0.15, 0.2) is 18.3 Å². The number of alkyl halides is 3. The van der Waals surface area contributed by atoms with Crippen molar-refractivity contribution in [1.29, 1.82) is 0 Å². The molecule has 0 saturated carbocycles. The van der Waals surface area contributed by atoms with Gasteiger partial charge in [-0.1, -0.05) is 0 Å². The number of aromatic carboxylic acids is 1. The first kappa shape index (κ1) is 12.3. The molecule has 0 amide bonds. The molecular weight excluding hydrogens is 227 g/mol. The lowest BCUT2D eigenvalue weighted by Gasteiger charge is -2.16. The molecule has 0 radical (unpaired) electrons. The summed E-state index contributed by atoms with van der Waals surface area (Å²) in [5.74, 6) is -1.47. The molecule has 4 nitrogen and oxygen atoms in total. The molecule has 88 valence electrons. The molecule has 0 aliphatic carbocycles. The van der Waals surface area contributed by atoms with Gasteiger partial charge in [0.25, 0.3) is 0 Å². The Balaban J connectivity index is 2.73. The van der Waals surface area contributed by atoms with E-state index in [-0.39, 0.29) is 11.4 Å². The van der Waals surface area contributed by atoms with Gasteiger partial charge in [-0.05, 0) is 13.0 Å². The molecular formula is C9H8F3NO3. The lowest BCUT2D eigenvalue weighted by Crippen LogP contribution is -2.31. The summed E-state index contributed by atoms with van der Waals surface area (Å²) in [6, 6.07) is 2.19. The SMILES string of the molecule is CC(Oc1ccc(C(=O)O)cn1)C(F)(F)F. The number of hydrogen-bond acceptors (Lipinski definition) is 3. The van der Waals surface area contributed by atoms with Gasteiger partial charge in [0, 0.05) is 12.3 Å². The standard InChI is InChI=1S/C9H8F3NO3/c1-5(9(10,11)12)16-7-3-2-6(4-13-7)8(14)15/h2-5H,1H3,(H,14,15). The number of rotatable bonds is 3. The summed E-state index contributed by atoms with van der Waals surface area (Å²) >= 11 is 0. The van der Waals surface area contributed by atoms with E-state index in [0.29, 0.717) is 0 Å². The van der Waals surface area contributed by atoms with Crippen molar-refractivity contribution in [3.63, 3.8) is 0 Å². The van der Waals surface area contributed by atoms with E-state index in [9.17, 15) is 18.0 Å². The fraction of sp³-hybridized carbons (Fsp3) is 0.333.